The van der Waals surface area contributed by atoms with Crippen LogP contribution in [0.15, 0.2) is 18.2 Å². The SMILES string of the molecule is Nc1ccc(F)c(C(=O)N2CCCC3CCCCC32)c1. The van der Waals surface area contributed by atoms with E-state index in [1.165, 1.54) is 43.9 Å². The van der Waals surface area contributed by atoms with E-state index in [1.54, 1.807) is 0 Å². The van der Waals surface area contributed by atoms with Crippen molar-refractivity contribution in [1.29, 1.82) is 0 Å². The quantitative estimate of drug-likeness (QED) is 0.801. The second-order valence-corrected chi connectivity index (χ2v) is 5.99. The standard InChI is InChI=1S/C16H21FN2O/c17-14-8-7-12(18)10-13(14)16(20)19-9-3-5-11-4-1-2-6-15(11)19/h7-8,10-11,15H,1-6,9,18H2. The summed E-state index contributed by atoms with van der Waals surface area (Å²) in [5, 5.41) is 0. The summed E-state index contributed by atoms with van der Waals surface area (Å²) in [5.41, 5.74) is 6.25. The van der Waals surface area contributed by atoms with Gasteiger partial charge in [-0.15, -0.1) is 0 Å². The molecule has 4 heteroatoms. The molecular formula is C16H21FN2O. The number of benzene rings is 1. The fourth-order valence-corrected chi connectivity index (χ4v) is 3.74. The number of piperidine rings is 1. The molecule has 3 rings (SSSR count). The molecule has 2 fully saturated rings. The Morgan fingerprint density at radius 3 is 2.80 bits per heavy atom. The first kappa shape index (κ1) is 13.4. The number of nitrogen functional groups attached to an aromatic ring is 1. The Labute approximate surface area is 118 Å². The summed E-state index contributed by atoms with van der Waals surface area (Å²) in [6.07, 6.45) is 6.92. The zero-order valence-electron chi connectivity index (χ0n) is 11.6. The van der Waals surface area contributed by atoms with E-state index in [1.807, 2.05) is 4.90 Å². The highest BCUT2D eigenvalue weighted by Gasteiger charge is 2.36. The fraction of sp³-hybridized carbons (Fsp3) is 0.562. The maximum absolute atomic E-state index is 13.9. The highest BCUT2D eigenvalue weighted by Crippen LogP contribution is 2.36. The highest BCUT2D eigenvalue weighted by molar-refractivity contribution is 5.95. The Bertz CT molecular complexity index is 515. The van der Waals surface area contributed by atoms with Crippen molar-refractivity contribution >= 4 is 11.6 Å². The lowest BCUT2D eigenvalue weighted by Gasteiger charge is -2.44. The Balaban J connectivity index is 1.87. The van der Waals surface area contributed by atoms with Gasteiger partial charge in [-0.05, 0) is 49.8 Å². The Morgan fingerprint density at radius 1 is 1.20 bits per heavy atom. The molecule has 1 aliphatic heterocycles. The fourth-order valence-electron chi connectivity index (χ4n) is 3.74. The van der Waals surface area contributed by atoms with Crippen molar-refractivity contribution in [2.45, 2.75) is 44.6 Å². The number of halogens is 1. The summed E-state index contributed by atoms with van der Waals surface area (Å²) >= 11 is 0. The van der Waals surface area contributed by atoms with E-state index in [2.05, 4.69) is 0 Å². The van der Waals surface area contributed by atoms with Gasteiger partial charge in [0.15, 0.2) is 0 Å². The topological polar surface area (TPSA) is 46.3 Å². The van der Waals surface area contributed by atoms with Crippen LogP contribution in [0.25, 0.3) is 0 Å². The summed E-state index contributed by atoms with van der Waals surface area (Å²) < 4.78 is 13.9. The Morgan fingerprint density at radius 2 is 1.95 bits per heavy atom. The minimum atomic E-state index is -0.470. The molecule has 1 heterocycles. The van der Waals surface area contributed by atoms with Crippen LogP contribution in [0.1, 0.15) is 48.9 Å². The minimum Gasteiger partial charge on any atom is -0.399 e. The van der Waals surface area contributed by atoms with E-state index >= 15 is 0 Å². The highest BCUT2D eigenvalue weighted by atomic mass is 19.1. The third-order valence-electron chi connectivity index (χ3n) is 4.72. The summed E-state index contributed by atoms with van der Waals surface area (Å²) in [5.74, 6) is -0.0564. The van der Waals surface area contributed by atoms with E-state index < -0.39 is 5.82 Å². The molecule has 0 spiro atoms. The van der Waals surface area contributed by atoms with Gasteiger partial charge in [0.1, 0.15) is 5.82 Å². The van der Waals surface area contributed by atoms with Crippen LogP contribution in [-0.4, -0.2) is 23.4 Å². The van der Waals surface area contributed by atoms with Crippen LogP contribution in [0.4, 0.5) is 10.1 Å². The van der Waals surface area contributed by atoms with Gasteiger partial charge in [-0.2, -0.15) is 0 Å². The lowest BCUT2D eigenvalue weighted by Crippen LogP contribution is -2.49. The molecule has 0 aromatic heterocycles. The number of carbonyl (C=O) groups is 1. The molecule has 2 unspecified atom stereocenters. The summed E-state index contributed by atoms with van der Waals surface area (Å²) in [6.45, 7) is 0.744. The number of amides is 1. The van der Waals surface area contributed by atoms with Crippen LogP contribution in [0.3, 0.4) is 0 Å². The van der Waals surface area contributed by atoms with Crippen LogP contribution < -0.4 is 5.73 Å². The zero-order chi connectivity index (χ0) is 14.1. The lowest BCUT2D eigenvalue weighted by atomic mass is 9.78. The van der Waals surface area contributed by atoms with Crippen LogP contribution in [0.2, 0.25) is 0 Å². The number of nitrogens with zero attached hydrogens (tertiary/aromatic N) is 1. The van der Waals surface area contributed by atoms with Crippen LogP contribution in [0.5, 0.6) is 0 Å². The number of rotatable bonds is 1. The molecule has 0 bridgehead atoms. The van der Waals surface area contributed by atoms with Gasteiger partial charge in [0.2, 0.25) is 0 Å². The molecule has 0 radical (unpaired) electrons. The average Bonchev–Trinajstić information content (AvgIpc) is 2.48. The third kappa shape index (κ3) is 2.39. The van der Waals surface area contributed by atoms with Crippen LogP contribution in [0, 0.1) is 11.7 Å². The molecule has 108 valence electrons. The van der Waals surface area contributed by atoms with Gasteiger partial charge in [0.05, 0.1) is 5.56 Å². The van der Waals surface area contributed by atoms with Crippen LogP contribution >= 0.6 is 0 Å². The Kier molecular flexibility index (Phi) is 3.64. The third-order valence-corrected chi connectivity index (χ3v) is 4.72. The molecule has 1 aromatic rings. The predicted octanol–water partition coefficient (Wildman–Crippen LogP) is 3.20. The van der Waals surface area contributed by atoms with E-state index in [4.69, 9.17) is 5.73 Å². The van der Waals surface area contributed by atoms with Gasteiger partial charge < -0.3 is 10.6 Å². The molecule has 3 nitrogen and oxygen atoms in total. The number of carbonyl (C=O) groups excluding carboxylic acids is 1. The van der Waals surface area contributed by atoms with Crippen LogP contribution in [-0.2, 0) is 0 Å². The molecule has 1 amide bonds. The molecule has 2 aliphatic rings. The number of likely N-dealkylation sites (tertiary alicyclic amines) is 1. The number of fused-ring (bicyclic) bond motifs is 1. The molecule has 1 aromatic carbocycles. The van der Waals surface area contributed by atoms with Crippen molar-refractivity contribution in [3.8, 4) is 0 Å². The van der Waals surface area contributed by atoms with Gasteiger partial charge in [0.25, 0.3) is 5.91 Å². The average molecular weight is 276 g/mol. The van der Waals surface area contributed by atoms with Crippen molar-refractivity contribution in [3.05, 3.63) is 29.6 Å². The van der Waals surface area contributed by atoms with Crippen molar-refractivity contribution in [3.63, 3.8) is 0 Å². The molecule has 2 N–H and O–H groups in total. The van der Waals surface area contributed by atoms with Crippen molar-refractivity contribution in [1.82, 2.24) is 4.90 Å². The lowest BCUT2D eigenvalue weighted by molar-refractivity contribution is 0.0386. The summed E-state index contributed by atoms with van der Waals surface area (Å²) in [4.78, 5) is 14.6. The van der Waals surface area contributed by atoms with E-state index in [-0.39, 0.29) is 11.5 Å². The van der Waals surface area contributed by atoms with Crippen molar-refractivity contribution in [2.24, 2.45) is 5.92 Å². The maximum Gasteiger partial charge on any atom is 0.257 e. The molecule has 1 saturated carbocycles. The first-order valence-electron chi connectivity index (χ1n) is 7.53. The van der Waals surface area contributed by atoms with Crippen molar-refractivity contribution < 1.29 is 9.18 Å². The number of nitrogens with two attached hydrogens (primary N) is 1. The minimum absolute atomic E-state index is 0.122. The largest absolute Gasteiger partial charge is 0.399 e. The predicted molar refractivity (Wildman–Crippen MR) is 76.8 cm³/mol. The number of hydrogen-bond acceptors (Lipinski definition) is 2. The summed E-state index contributed by atoms with van der Waals surface area (Å²) in [7, 11) is 0. The van der Waals surface area contributed by atoms with E-state index in [9.17, 15) is 9.18 Å². The molecular weight excluding hydrogens is 255 g/mol. The van der Waals surface area contributed by atoms with E-state index in [0.717, 1.165) is 19.4 Å². The van der Waals surface area contributed by atoms with Gasteiger partial charge in [-0.1, -0.05) is 12.8 Å². The first-order valence-corrected chi connectivity index (χ1v) is 7.53. The Hall–Kier alpha value is -1.58. The smallest absolute Gasteiger partial charge is 0.257 e. The van der Waals surface area contributed by atoms with Crippen molar-refractivity contribution in [2.75, 3.05) is 12.3 Å². The maximum atomic E-state index is 13.9. The monoisotopic (exact) mass is 276 g/mol. The zero-order valence-corrected chi connectivity index (χ0v) is 11.6. The first-order chi connectivity index (χ1) is 9.66. The van der Waals surface area contributed by atoms with Gasteiger partial charge in [0, 0.05) is 18.3 Å². The van der Waals surface area contributed by atoms with E-state index in [0.29, 0.717) is 17.6 Å². The molecule has 2 atom stereocenters. The summed E-state index contributed by atoms with van der Waals surface area (Å²) in [6, 6.07) is 4.53. The normalized spacial score (nSPS) is 26.1. The second-order valence-electron chi connectivity index (χ2n) is 5.99. The van der Waals surface area contributed by atoms with Gasteiger partial charge >= 0.3 is 0 Å². The number of hydrogen-bond donors (Lipinski definition) is 1. The van der Waals surface area contributed by atoms with Gasteiger partial charge in [-0.25, -0.2) is 4.39 Å². The van der Waals surface area contributed by atoms with Gasteiger partial charge in [-0.3, -0.25) is 4.79 Å². The second kappa shape index (κ2) is 5.43. The molecule has 1 saturated heterocycles. The number of anilines is 1. The molecule has 1 aliphatic carbocycles. The molecule has 20 heavy (non-hydrogen) atoms.